The number of carbonyl (C=O) groups excluding carboxylic acids is 1. The molecule has 0 unspecified atom stereocenters. The number of halogens is 1. The summed E-state index contributed by atoms with van der Waals surface area (Å²) < 4.78 is 0.716. The average Bonchev–Trinajstić information content (AvgIpc) is 2.25. The Morgan fingerprint density at radius 3 is 2.72 bits per heavy atom. The number of hydrogen-bond acceptors (Lipinski definition) is 3. The van der Waals surface area contributed by atoms with Crippen molar-refractivity contribution in [1.29, 1.82) is 0 Å². The maximum atomic E-state index is 12.0. The van der Waals surface area contributed by atoms with E-state index in [9.17, 15) is 4.79 Å². The van der Waals surface area contributed by atoms with Crippen LogP contribution in [0.25, 0.3) is 0 Å². The van der Waals surface area contributed by atoms with Crippen molar-refractivity contribution < 1.29 is 4.79 Å². The van der Waals surface area contributed by atoms with Crippen LogP contribution in [-0.4, -0.2) is 43.0 Å². The first-order valence-electron chi connectivity index (χ1n) is 5.85. The smallest absolute Gasteiger partial charge is 0.271 e. The summed E-state index contributed by atoms with van der Waals surface area (Å²) in [6.07, 6.45) is 1.62. The fraction of sp³-hybridized carbons (Fsp3) is 0.538. The van der Waals surface area contributed by atoms with E-state index in [0.29, 0.717) is 16.7 Å². The van der Waals surface area contributed by atoms with Crippen LogP contribution in [-0.2, 0) is 0 Å². The van der Waals surface area contributed by atoms with E-state index in [1.807, 2.05) is 20.2 Å². The highest BCUT2D eigenvalue weighted by Crippen LogP contribution is 2.16. The van der Waals surface area contributed by atoms with Crippen molar-refractivity contribution in [3.63, 3.8) is 0 Å². The van der Waals surface area contributed by atoms with Crippen LogP contribution in [0, 0.1) is 5.41 Å². The van der Waals surface area contributed by atoms with Gasteiger partial charge in [-0.1, -0.05) is 13.8 Å². The summed E-state index contributed by atoms with van der Waals surface area (Å²) in [5.41, 5.74) is 0.457. The van der Waals surface area contributed by atoms with Crippen molar-refractivity contribution in [2.75, 3.05) is 27.2 Å². The third-order valence-corrected chi connectivity index (χ3v) is 3.09. The Labute approximate surface area is 117 Å². The number of pyridine rings is 1. The number of rotatable bonds is 5. The van der Waals surface area contributed by atoms with E-state index in [4.69, 9.17) is 0 Å². The fourth-order valence-electron chi connectivity index (χ4n) is 1.87. The Balaban J connectivity index is 2.59. The molecule has 0 saturated carbocycles. The minimum Gasteiger partial charge on any atom is -0.350 e. The number of carbonyl (C=O) groups is 1. The third kappa shape index (κ3) is 4.74. The number of amides is 1. The summed E-state index contributed by atoms with van der Waals surface area (Å²) in [5.74, 6) is -0.144. The number of nitrogens with zero attached hydrogens (tertiary/aromatic N) is 2. The van der Waals surface area contributed by atoms with Crippen LogP contribution in [0.3, 0.4) is 0 Å². The highest BCUT2D eigenvalue weighted by molar-refractivity contribution is 9.10. The van der Waals surface area contributed by atoms with E-state index in [0.717, 1.165) is 6.54 Å². The largest absolute Gasteiger partial charge is 0.350 e. The van der Waals surface area contributed by atoms with Gasteiger partial charge >= 0.3 is 0 Å². The second kappa shape index (κ2) is 6.29. The van der Waals surface area contributed by atoms with E-state index in [1.165, 1.54) is 0 Å². The van der Waals surface area contributed by atoms with Gasteiger partial charge in [-0.25, -0.2) is 4.98 Å². The molecule has 1 aromatic rings. The van der Waals surface area contributed by atoms with E-state index < -0.39 is 0 Å². The fourth-order valence-corrected chi connectivity index (χ4v) is 2.30. The van der Waals surface area contributed by atoms with Crippen molar-refractivity contribution in [1.82, 2.24) is 15.2 Å². The second-order valence-corrected chi connectivity index (χ2v) is 6.27. The molecule has 0 aromatic carbocycles. The van der Waals surface area contributed by atoms with Gasteiger partial charge in [0.05, 0.1) is 0 Å². The zero-order chi connectivity index (χ0) is 13.8. The second-order valence-electron chi connectivity index (χ2n) is 5.42. The summed E-state index contributed by atoms with van der Waals surface area (Å²) in [6.45, 7) is 5.78. The molecule has 0 aliphatic carbocycles. The Morgan fingerprint density at radius 2 is 2.17 bits per heavy atom. The molecular formula is C13H20BrN3O. The average molecular weight is 314 g/mol. The van der Waals surface area contributed by atoms with Crippen LogP contribution >= 0.6 is 15.9 Å². The molecule has 0 aliphatic rings. The maximum absolute atomic E-state index is 12.0. The zero-order valence-electron chi connectivity index (χ0n) is 11.3. The standard InChI is InChI=1S/C13H20BrN3O/c1-13(2,9-17(3)4)8-16-12(18)11-10(14)6-5-7-15-11/h5-7H,8-9H2,1-4H3,(H,16,18). The first-order valence-corrected chi connectivity index (χ1v) is 6.64. The van der Waals surface area contributed by atoms with Crippen LogP contribution < -0.4 is 5.32 Å². The van der Waals surface area contributed by atoms with Gasteiger partial charge in [-0.2, -0.15) is 0 Å². The summed E-state index contributed by atoms with van der Waals surface area (Å²) in [6, 6.07) is 3.60. The van der Waals surface area contributed by atoms with Gasteiger partial charge in [0.1, 0.15) is 5.69 Å². The monoisotopic (exact) mass is 313 g/mol. The molecule has 4 nitrogen and oxygen atoms in total. The molecule has 0 bridgehead atoms. The Hall–Kier alpha value is -0.940. The molecule has 1 amide bonds. The number of aromatic nitrogens is 1. The van der Waals surface area contributed by atoms with Gasteiger partial charge in [0.2, 0.25) is 0 Å². The van der Waals surface area contributed by atoms with Crippen molar-refractivity contribution in [2.45, 2.75) is 13.8 Å². The molecule has 1 heterocycles. The molecule has 0 spiro atoms. The lowest BCUT2D eigenvalue weighted by Crippen LogP contribution is -2.40. The van der Waals surface area contributed by atoms with Crippen molar-refractivity contribution in [2.24, 2.45) is 5.41 Å². The summed E-state index contributed by atoms with van der Waals surface area (Å²) in [4.78, 5) is 18.2. The first kappa shape index (κ1) is 15.1. The Kier molecular flexibility index (Phi) is 5.28. The van der Waals surface area contributed by atoms with Crippen LogP contribution in [0.4, 0.5) is 0 Å². The van der Waals surface area contributed by atoms with Crippen molar-refractivity contribution >= 4 is 21.8 Å². The lowest BCUT2D eigenvalue weighted by Gasteiger charge is -2.28. The first-order chi connectivity index (χ1) is 8.32. The van der Waals surface area contributed by atoms with Gasteiger partial charge in [0, 0.05) is 23.8 Å². The third-order valence-electron chi connectivity index (χ3n) is 2.45. The summed E-state index contributed by atoms with van der Waals surface area (Å²) in [7, 11) is 4.05. The molecule has 0 atom stereocenters. The van der Waals surface area contributed by atoms with Gasteiger partial charge in [-0.15, -0.1) is 0 Å². The highest BCUT2D eigenvalue weighted by Gasteiger charge is 2.21. The van der Waals surface area contributed by atoms with Crippen LogP contribution in [0.2, 0.25) is 0 Å². The summed E-state index contributed by atoms with van der Waals surface area (Å²) >= 11 is 3.33. The summed E-state index contributed by atoms with van der Waals surface area (Å²) in [5, 5.41) is 2.93. The van der Waals surface area contributed by atoms with Crippen LogP contribution in [0.5, 0.6) is 0 Å². The molecule has 0 radical (unpaired) electrons. The normalized spacial score (nSPS) is 11.7. The van der Waals surface area contributed by atoms with E-state index in [1.54, 1.807) is 12.3 Å². The van der Waals surface area contributed by atoms with E-state index in [-0.39, 0.29) is 11.3 Å². The topological polar surface area (TPSA) is 45.2 Å². The maximum Gasteiger partial charge on any atom is 0.271 e. The van der Waals surface area contributed by atoms with Crippen molar-refractivity contribution in [3.05, 3.63) is 28.5 Å². The molecule has 100 valence electrons. The molecular weight excluding hydrogens is 294 g/mol. The molecule has 0 fully saturated rings. The zero-order valence-corrected chi connectivity index (χ0v) is 12.9. The van der Waals surface area contributed by atoms with Gasteiger partial charge in [0.15, 0.2) is 0 Å². The van der Waals surface area contributed by atoms with Gasteiger partial charge in [-0.3, -0.25) is 4.79 Å². The SMILES string of the molecule is CN(C)CC(C)(C)CNC(=O)c1ncccc1Br. The van der Waals surface area contributed by atoms with Gasteiger partial charge < -0.3 is 10.2 Å². The predicted octanol–water partition coefficient (Wildman–Crippen LogP) is 2.16. The highest BCUT2D eigenvalue weighted by atomic mass is 79.9. The number of nitrogens with one attached hydrogen (secondary N) is 1. The lowest BCUT2D eigenvalue weighted by atomic mass is 9.93. The molecule has 0 saturated heterocycles. The number of hydrogen-bond donors (Lipinski definition) is 1. The molecule has 1 rings (SSSR count). The van der Waals surface area contributed by atoms with Gasteiger partial charge in [0.25, 0.3) is 5.91 Å². The van der Waals surface area contributed by atoms with Gasteiger partial charge in [-0.05, 0) is 47.6 Å². The minimum atomic E-state index is -0.144. The quantitative estimate of drug-likeness (QED) is 0.906. The van der Waals surface area contributed by atoms with Crippen molar-refractivity contribution in [3.8, 4) is 0 Å². The molecule has 1 aromatic heterocycles. The lowest BCUT2D eigenvalue weighted by molar-refractivity contribution is 0.0923. The Bertz CT molecular complexity index is 418. The van der Waals surface area contributed by atoms with E-state index >= 15 is 0 Å². The molecule has 1 N–H and O–H groups in total. The minimum absolute atomic E-state index is 0.0282. The molecule has 0 aliphatic heterocycles. The van der Waals surface area contributed by atoms with Crippen LogP contribution in [0.15, 0.2) is 22.8 Å². The molecule has 5 heteroatoms. The predicted molar refractivity (Wildman–Crippen MR) is 76.6 cm³/mol. The Morgan fingerprint density at radius 1 is 1.50 bits per heavy atom. The van der Waals surface area contributed by atoms with Crippen LogP contribution in [0.1, 0.15) is 24.3 Å². The molecule has 18 heavy (non-hydrogen) atoms. The van der Waals surface area contributed by atoms with E-state index in [2.05, 4.69) is 45.0 Å².